The summed E-state index contributed by atoms with van der Waals surface area (Å²) in [5.74, 6) is 1.27. The second-order valence-corrected chi connectivity index (χ2v) is 7.79. The second-order valence-electron chi connectivity index (χ2n) is 7.79. The Labute approximate surface area is 169 Å². The summed E-state index contributed by atoms with van der Waals surface area (Å²) in [5.41, 5.74) is 5.60. The van der Waals surface area contributed by atoms with E-state index in [9.17, 15) is 4.79 Å². The van der Waals surface area contributed by atoms with Gasteiger partial charge in [0.15, 0.2) is 0 Å². The number of carbonyl (C=O) groups is 1. The second kappa shape index (κ2) is 6.96. The first-order valence-electron chi connectivity index (χ1n) is 10.2. The Bertz CT molecular complexity index is 1210. The maximum absolute atomic E-state index is 12.7. The molecular weight excluding hydrogens is 360 g/mol. The van der Waals surface area contributed by atoms with Crippen LogP contribution in [0.5, 0.6) is 5.75 Å². The molecule has 2 unspecified atom stereocenters. The van der Waals surface area contributed by atoms with Crippen LogP contribution in [-0.2, 0) is 11.2 Å². The number of hydrogen-bond donors (Lipinski definition) is 2. The highest BCUT2D eigenvalue weighted by atomic mass is 16.5. The van der Waals surface area contributed by atoms with Gasteiger partial charge < -0.3 is 15.0 Å². The molecule has 1 heterocycles. The summed E-state index contributed by atoms with van der Waals surface area (Å²) in [6.07, 6.45) is 1.88. The van der Waals surface area contributed by atoms with Gasteiger partial charge in [0.2, 0.25) is 5.91 Å². The molecule has 146 valence electrons. The van der Waals surface area contributed by atoms with Crippen LogP contribution in [0.25, 0.3) is 21.8 Å². The Balaban J connectivity index is 1.35. The molecule has 1 amide bonds. The molecule has 1 aliphatic rings. The van der Waals surface area contributed by atoms with Crippen molar-refractivity contribution in [2.24, 2.45) is 5.92 Å². The molecule has 0 bridgehead atoms. The molecule has 0 saturated heterocycles. The van der Waals surface area contributed by atoms with E-state index < -0.39 is 0 Å². The van der Waals surface area contributed by atoms with Crippen LogP contribution < -0.4 is 10.1 Å². The van der Waals surface area contributed by atoms with Crippen molar-refractivity contribution in [1.29, 1.82) is 0 Å². The van der Waals surface area contributed by atoms with E-state index in [1.807, 2.05) is 24.3 Å². The van der Waals surface area contributed by atoms with Crippen molar-refractivity contribution < 1.29 is 9.53 Å². The lowest BCUT2D eigenvalue weighted by atomic mass is 10.1. The Kier molecular flexibility index (Phi) is 4.27. The molecule has 3 aromatic carbocycles. The number of hydrogen-bond acceptors (Lipinski definition) is 2. The number of fused-ring (bicyclic) bond motifs is 3. The first-order valence-corrected chi connectivity index (χ1v) is 10.2. The van der Waals surface area contributed by atoms with Crippen LogP contribution >= 0.6 is 0 Å². The molecular formula is C25H24N2O2. The number of benzene rings is 3. The SMILES string of the molecule is CCc1cccc2c1[nH]c1cc(NC(=O)C3CC3c3ccc(OC)cc3)ccc12. The number of nitrogens with one attached hydrogen (secondary N) is 2. The molecule has 29 heavy (non-hydrogen) atoms. The highest BCUT2D eigenvalue weighted by molar-refractivity contribution is 6.09. The number of para-hydroxylation sites is 1. The third kappa shape index (κ3) is 3.15. The van der Waals surface area contributed by atoms with Gasteiger partial charge in [-0.05, 0) is 54.2 Å². The third-order valence-electron chi connectivity index (χ3n) is 6.04. The van der Waals surface area contributed by atoms with Crippen molar-refractivity contribution >= 4 is 33.4 Å². The van der Waals surface area contributed by atoms with Gasteiger partial charge in [0.05, 0.1) is 7.11 Å². The largest absolute Gasteiger partial charge is 0.497 e. The topological polar surface area (TPSA) is 54.1 Å². The quantitative estimate of drug-likeness (QED) is 0.468. The lowest BCUT2D eigenvalue weighted by molar-refractivity contribution is -0.117. The minimum atomic E-state index is 0.0356. The number of rotatable bonds is 5. The molecule has 0 aliphatic heterocycles. The molecule has 4 heteroatoms. The molecule has 0 radical (unpaired) electrons. The average molecular weight is 384 g/mol. The van der Waals surface area contributed by atoms with Crippen LogP contribution in [0.3, 0.4) is 0 Å². The minimum absolute atomic E-state index is 0.0356. The van der Waals surface area contributed by atoms with E-state index in [-0.39, 0.29) is 11.8 Å². The summed E-state index contributed by atoms with van der Waals surface area (Å²) >= 11 is 0. The highest BCUT2D eigenvalue weighted by Gasteiger charge is 2.43. The average Bonchev–Trinajstić information content (AvgIpc) is 3.47. The maximum Gasteiger partial charge on any atom is 0.228 e. The molecule has 1 saturated carbocycles. The summed E-state index contributed by atoms with van der Waals surface area (Å²) in [4.78, 5) is 16.3. The summed E-state index contributed by atoms with van der Waals surface area (Å²) in [5, 5.41) is 5.53. The lowest BCUT2D eigenvalue weighted by Crippen LogP contribution is -2.14. The van der Waals surface area contributed by atoms with Crippen molar-refractivity contribution in [3.63, 3.8) is 0 Å². The van der Waals surface area contributed by atoms with Gasteiger partial charge >= 0.3 is 0 Å². The smallest absolute Gasteiger partial charge is 0.228 e. The number of carbonyl (C=O) groups excluding carboxylic acids is 1. The number of H-pyrrole nitrogens is 1. The van der Waals surface area contributed by atoms with Gasteiger partial charge in [-0.1, -0.05) is 43.3 Å². The zero-order valence-electron chi connectivity index (χ0n) is 16.7. The number of aromatic nitrogens is 1. The Morgan fingerprint density at radius 3 is 2.69 bits per heavy atom. The third-order valence-corrected chi connectivity index (χ3v) is 6.04. The summed E-state index contributed by atoms with van der Waals surface area (Å²) < 4.78 is 5.21. The maximum atomic E-state index is 12.7. The zero-order valence-corrected chi connectivity index (χ0v) is 16.7. The minimum Gasteiger partial charge on any atom is -0.497 e. The summed E-state index contributed by atoms with van der Waals surface area (Å²) in [6, 6.07) is 20.6. The molecule has 2 atom stereocenters. The van der Waals surface area contributed by atoms with Crippen molar-refractivity contribution in [3.8, 4) is 5.75 Å². The predicted octanol–water partition coefficient (Wildman–Crippen LogP) is 5.63. The number of anilines is 1. The van der Waals surface area contributed by atoms with Crippen LogP contribution in [0, 0.1) is 5.92 Å². The fourth-order valence-corrected chi connectivity index (χ4v) is 4.30. The van der Waals surface area contributed by atoms with Crippen molar-refractivity contribution in [2.45, 2.75) is 25.7 Å². The van der Waals surface area contributed by atoms with Gasteiger partial charge in [-0.3, -0.25) is 4.79 Å². The van der Waals surface area contributed by atoms with E-state index in [2.05, 4.69) is 53.6 Å². The van der Waals surface area contributed by atoms with E-state index in [1.165, 1.54) is 27.4 Å². The van der Waals surface area contributed by atoms with Gasteiger partial charge in [-0.25, -0.2) is 0 Å². The van der Waals surface area contributed by atoms with Gasteiger partial charge in [-0.2, -0.15) is 0 Å². The van der Waals surface area contributed by atoms with E-state index in [1.54, 1.807) is 7.11 Å². The standard InChI is InChI=1S/C25H24N2O2/c1-3-15-5-4-6-20-19-12-9-17(13-23(19)27-24(15)20)26-25(28)22-14-21(22)16-7-10-18(29-2)11-8-16/h4-13,21-22,27H,3,14H2,1-2H3,(H,26,28). The number of aromatic amines is 1. The fourth-order valence-electron chi connectivity index (χ4n) is 4.30. The summed E-state index contributed by atoms with van der Waals surface area (Å²) in [7, 11) is 1.66. The number of ether oxygens (including phenoxy) is 1. The molecule has 1 aromatic heterocycles. The normalized spacial score (nSPS) is 18.1. The van der Waals surface area contributed by atoms with Crippen molar-refractivity contribution in [1.82, 2.24) is 4.98 Å². The lowest BCUT2D eigenvalue weighted by Gasteiger charge is -2.06. The molecule has 2 N–H and O–H groups in total. The van der Waals surface area contributed by atoms with Crippen LogP contribution in [-0.4, -0.2) is 18.0 Å². The van der Waals surface area contributed by atoms with E-state index >= 15 is 0 Å². The number of amides is 1. The fraction of sp³-hybridized carbons (Fsp3) is 0.240. The van der Waals surface area contributed by atoms with Gasteiger partial charge in [0.25, 0.3) is 0 Å². The molecule has 1 aliphatic carbocycles. The van der Waals surface area contributed by atoms with Crippen molar-refractivity contribution in [2.75, 3.05) is 12.4 Å². The van der Waals surface area contributed by atoms with Crippen LogP contribution in [0.1, 0.15) is 30.4 Å². The molecule has 1 fully saturated rings. The van der Waals surface area contributed by atoms with E-state index in [0.717, 1.165) is 29.8 Å². The molecule has 0 spiro atoms. The van der Waals surface area contributed by atoms with Crippen LogP contribution in [0.15, 0.2) is 60.7 Å². The first-order chi connectivity index (χ1) is 14.2. The first kappa shape index (κ1) is 17.8. The Morgan fingerprint density at radius 2 is 1.93 bits per heavy atom. The van der Waals surface area contributed by atoms with Crippen LogP contribution in [0.2, 0.25) is 0 Å². The highest BCUT2D eigenvalue weighted by Crippen LogP contribution is 2.48. The van der Waals surface area contributed by atoms with E-state index in [4.69, 9.17) is 4.74 Å². The number of aryl methyl sites for hydroxylation is 1. The van der Waals surface area contributed by atoms with Crippen LogP contribution in [0.4, 0.5) is 5.69 Å². The predicted molar refractivity (Wildman–Crippen MR) is 118 cm³/mol. The van der Waals surface area contributed by atoms with Gasteiger partial charge in [-0.15, -0.1) is 0 Å². The number of methoxy groups -OCH3 is 1. The molecule has 4 nitrogen and oxygen atoms in total. The van der Waals surface area contributed by atoms with Gasteiger partial charge in [0.1, 0.15) is 5.75 Å². The monoisotopic (exact) mass is 384 g/mol. The van der Waals surface area contributed by atoms with Crippen molar-refractivity contribution in [3.05, 3.63) is 71.8 Å². The Morgan fingerprint density at radius 1 is 1.10 bits per heavy atom. The molecule has 4 aromatic rings. The summed E-state index contributed by atoms with van der Waals surface area (Å²) in [6.45, 7) is 2.17. The zero-order chi connectivity index (χ0) is 20.0. The van der Waals surface area contributed by atoms with E-state index in [0.29, 0.717) is 5.92 Å². The Hall–Kier alpha value is -3.27. The molecule has 5 rings (SSSR count). The van der Waals surface area contributed by atoms with Gasteiger partial charge in [0, 0.05) is 33.4 Å².